The summed E-state index contributed by atoms with van der Waals surface area (Å²) >= 11 is 0. The quantitative estimate of drug-likeness (QED) is 0.421. The average Bonchev–Trinajstić information content (AvgIpc) is 2.86. The number of hydrogen-bond donors (Lipinski definition) is 0. The van der Waals surface area contributed by atoms with Crippen molar-refractivity contribution in [1.29, 1.82) is 5.26 Å². The van der Waals surface area contributed by atoms with Crippen LogP contribution in [0.25, 0.3) is 0 Å². The number of rotatable bonds is 8. The van der Waals surface area contributed by atoms with E-state index < -0.39 is 34.4 Å². The molecule has 0 aliphatic carbocycles. The van der Waals surface area contributed by atoms with Crippen LogP contribution < -0.4 is 4.90 Å². The first kappa shape index (κ1) is 25.4. The number of carbonyl (C=O) groups is 2. The molecule has 1 aliphatic rings. The Morgan fingerprint density at radius 1 is 1.09 bits per heavy atom. The molecule has 34 heavy (non-hydrogen) atoms. The normalized spacial score (nSPS) is 15.0. The number of benzene rings is 2. The molecule has 1 heterocycles. The summed E-state index contributed by atoms with van der Waals surface area (Å²) in [4.78, 5) is 26.6. The van der Waals surface area contributed by atoms with Crippen LogP contribution in [0, 0.1) is 17.2 Å². The SMILES string of the molecule is CC(C)c1ccc(S(=O)(=O)N2CCC(C(=O)OCC(=O)N(CC#N)c3ccccc3)CC2)cc1. The highest BCUT2D eigenvalue weighted by atomic mass is 32.2. The number of sulfonamides is 1. The zero-order chi connectivity index (χ0) is 24.7. The van der Waals surface area contributed by atoms with Crippen molar-refractivity contribution in [2.45, 2.75) is 37.5 Å². The number of ether oxygens (including phenoxy) is 1. The van der Waals surface area contributed by atoms with Crippen molar-refractivity contribution in [2.24, 2.45) is 5.92 Å². The molecule has 0 atom stereocenters. The highest BCUT2D eigenvalue weighted by Crippen LogP contribution is 2.26. The van der Waals surface area contributed by atoms with Crippen molar-refractivity contribution >= 4 is 27.6 Å². The van der Waals surface area contributed by atoms with E-state index in [4.69, 9.17) is 10.00 Å². The molecule has 0 unspecified atom stereocenters. The van der Waals surface area contributed by atoms with Gasteiger partial charge in [0.05, 0.1) is 16.9 Å². The lowest BCUT2D eigenvalue weighted by Crippen LogP contribution is -2.41. The number of piperidine rings is 1. The Kier molecular flexibility index (Phi) is 8.42. The number of esters is 1. The standard InChI is InChI=1S/C25H29N3O5S/c1-19(2)20-8-10-23(11-9-20)34(31,32)27-15-12-21(13-16-27)25(30)33-18-24(29)28(17-14-26)22-6-4-3-5-7-22/h3-11,19,21H,12-13,15-18H2,1-2H3. The fourth-order valence-electron chi connectivity index (χ4n) is 3.84. The molecule has 8 nitrogen and oxygen atoms in total. The number of anilines is 1. The average molecular weight is 484 g/mol. The van der Waals surface area contributed by atoms with Gasteiger partial charge in [0, 0.05) is 18.8 Å². The predicted molar refractivity (Wildman–Crippen MR) is 127 cm³/mol. The van der Waals surface area contributed by atoms with Crippen molar-refractivity contribution in [1.82, 2.24) is 4.31 Å². The number of para-hydroxylation sites is 1. The molecule has 0 radical (unpaired) electrons. The van der Waals surface area contributed by atoms with E-state index in [9.17, 15) is 18.0 Å². The summed E-state index contributed by atoms with van der Waals surface area (Å²) in [5.41, 5.74) is 1.61. The number of hydrogen-bond acceptors (Lipinski definition) is 6. The fourth-order valence-corrected chi connectivity index (χ4v) is 5.31. The number of nitriles is 1. The molecule has 2 aromatic rings. The van der Waals surface area contributed by atoms with Gasteiger partial charge in [0.1, 0.15) is 6.54 Å². The van der Waals surface area contributed by atoms with Crippen LogP contribution in [0.2, 0.25) is 0 Å². The smallest absolute Gasteiger partial charge is 0.309 e. The van der Waals surface area contributed by atoms with Crippen LogP contribution in [0.4, 0.5) is 5.69 Å². The molecular weight excluding hydrogens is 454 g/mol. The van der Waals surface area contributed by atoms with Gasteiger partial charge in [-0.2, -0.15) is 9.57 Å². The summed E-state index contributed by atoms with van der Waals surface area (Å²) in [7, 11) is -3.64. The monoisotopic (exact) mass is 483 g/mol. The fraction of sp³-hybridized carbons (Fsp3) is 0.400. The lowest BCUT2D eigenvalue weighted by atomic mass is 9.98. The van der Waals surface area contributed by atoms with Crippen LogP contribution in [-0.4, -0.2) is 50.8 Å². The molecule has 1 aliphatic heterocycles. The lowest BCUT2D eigenvalue weighted by Gasteiger charge is -2.30. The molecule has 3 rings (SSSR count). The zero-order valence-corrected chi connectivity index (χ0v) is 20.2. The van der Waals surface area contributed by atoms with Gasteiger partial charge >= 0.3 is 5.97 Å². The molecule has 1 amide bonds. The third kappa shape index (κ3) is 6.01. The second-order valence-corrected chi connectivity index (χ2v) is 10.4. The minimum absolute atomic E-state index is 0.158. The maximum absolute atomic E-state index is 13.0. The summed E-state index contributed by atoms with van der Waals surface area (Å²) in [6.07, 6.45) is 0.633. The maximum Gasteiger partial charge on any atom is 0.309 e. The van der Waals surface area contributed by atoms with E-state index >= 15 is 0 Å². The number of carbonyl (C=O) groups excluding carboxylic acids is 2. The largest absolute Gasteiger partial charge is 0.455 e. The van der Waals surface area contributed by atoms with Gasteiger partial charge in [-0.1, -0.05) is 44.2 Å². The van der Waals surface area contributed by atoms with E-state index in [0.29, 0.717) is 24.4 Å². The van der Waals surface area contributed by atoms with Gasteiger partial charge in [-0.3, -0.25) is 14.5 Å². The number of amides is 1. The van der Waals surface area contributed by atoms with E-state index in [2.05, 4.69) is 0 Å². The molecule has 0 aromatic heterocycles. The summed E-state index contributed by atoms with van der Waals surface area (Å²) in [5.74, 6) is -1.20. The van der Waals surface area contributed by atoms with Gasteiger partial charge in [0.25, 0.3) is 5.91 Å². The van der Waals surface area contributed by atoms with Crippen molar-refractivity contribution in [3.63, 3.8) is 0 Å². The van der Waals surface area contributed by atoms with Crippen LogP contribution in [0.1, 0.15) is 38.2 Å². The molecule has 0 N–H and O–H groups in total. The molecule has 0 bridgehead atoms. The van der Waals surface area contributed by atoms with Crippen molar-refractivity contribution in [3.8, 4) is 6.07 Å². The first-order chi connectivity index (χ1) is 16.2. The van der Waals surface area contributed by atoms with Gasteiger partial charge in [0.15, 0.2) is 6.61 Å². The molecule has 1 saturated heterocycles. The molecule has 9 heteroatoms. The molecule has 0 saturated carbocycles. The van der Waals surface area contributed by atoms with E-state index in [1.807, 2.05) is 32.0 Å². The second kappa shape index (κ2) is 11.3. The summed E-state index contributed by atoms with van der Waals surface area (Å²) in [5, 5.41) is 9.03. The lowest BCUT2D eigenvalue weighted by molar-refractivity contribution is -0.153. The molecule has 1 fully saturated rings. The molecule has 180 valence electrons. The maximum atomic E-state index is 13.0. The summed E-state index contributed by atoms with van der Waals surface area (Å²) < 4.78 is 32.5. The molecular formula is C25H29N3O5S. The molecule has 0 spiro atoms. The highest BCUT2D eigenvalue weighted by molar-refractivity contribution is 7.89. The van der Waals surface area contributed by atoms with E-state index in [1.165, 1.54) is 9.21 Å². The molecule has 2 aromatic carbocycles. The van der Waals surface area contributed by atoms with Crippen LogP contribution >= 0.6 is 0 Å². The van der Waals surface area contributed by atoms with Gasteiger partial charge < -0.3 is 4.74 Å². The van der Waals surface area contributed by atoms with Crippen LogP contribution in [0.3, 0.4) is 0 Å². The summed E-state index contributed by atoms with van der Waals surface area (Å²) in [6.45, 7) is 3.86. The Morgan fingerprint density at radius 3 is 2.26 bits per heavy atom. The highest BCUT2D eigenvalue weighted by Gasteiger charge is 2.33. The first-order valence-corrected chi connectivity index (χ1v) is 12.7. The Labute approximate surface area is 200 Å². The minimum atomic E-state index is -3.64. The van der Waals surface area contributed by atoms with Crippen molar-refractivity contribution in [3.05, 3.63) is 60.2 Å². The zero-order valence-electron chi connectivity index (χ0n) is 19.4. The Morgan fingerprint density at radius 2 is 1.71 bits per heavy atom. The van der Waals surface area contributed by atoms with Crippen LogP contribution in [-0.2, 0) is 24.3 Å². The van der Waals surface area contributed by atoms with Gasteiger partial charge in [-0.15, -0.1) is 0 Å². The van der Waals surface area contributed by atoms with Crippen molar-refractivity contribution < 1.29 is 22.7 Å². The van der Waals surface area contributed by atoms with E-state index in [-0.39, 0.29) is 24.5 Å². The van der Waals surface area contributed by atoms with Gasteiger partial charge in [0.2, 0.25) is 10.0 Å². The Bertz CT molecular complexity index is 1130. The number of nitrogens with zero attached hydrogens (tertiary/aromatic N) is 3. The first-order valence-electron chi connectivity index (χ1n) is 11.2. The Balaban J connectivity index is 1.54. The van der Waals surface area contributed by atoms with E-state index in [0.717, 1.165) is 5.56 Å². The topological polar surface area (TPSA) is 108 Å². The summed E-state index contributed by atoms with van der Waals surface area (Å²) in [6, 6.07) is 17.5. The van der Waals surface area contributed by atoms with Crippen LogP contribution in [0.15, 0.2) is 59.5 Å². The second-order valence-electron chi connectivity index (χ2n) is 8.48. The predicted octanol–water partition coefficient (Wildman–Crippen LogP) is 3.31. The van der Waals surface area contributed by atoms with Crippen molar-refractivity contribution in [2.75, 3.05) is 31.1 Å². The van der Waals surface area contributed by atoms with Gasteiger partial charge in [-0.05, 0) is 48.6 Å². The third-order valence-corrected chi connectivity index (χ3v) is 7.82. The minimum Gasteiger partial charge on any atom is -0.455 e. The van der Waals surface area contributed by atoms with E-state index in [1.54, 1.807) is 42.5 Å². The third-order valence-electron chi connectivity index (χ3n) is 5.91. The van der Waals surface area contributed by atoms with Crippen LogP contribution in [0.5, 0.6) is 0 Å². The Hall–Kier alpha value is -3.22. The van der Waals surface area contributed by atoms with Gasteiger partial charge in [-0.25, -0.2) is 8.42 Å².